The number of fused-ring (bicyclic) bond motifs is 1. The van der Waals surface area contributed by atoms with Gasteiger partial charge in [0.25, 0.3) is 5.91 Å². The number of thiophene rings is 2. The standard InChI is InChI=1S/C16H17ClN2O3S2/c1-3-19-7-6-9-11(8-19)24-15(13(9)16(21)22-2)18-14(20)10-4-5-12(17)23-10/h4-5H,3,6-8H2,1-2H3,(H,18,20)/p+1. The number of halogens is 1. The van der Waals surface area contributed by atoms with E-state index in [2.05, 4.69) is 12.2 Å². The van der Waals surface area contributed by atoms with Crippen LogP contribution in [0.1, 0.15) is 37.4 Å². The van der Waals surface area contributed by atoms with E-state index in [1.54, 1.807) is 12.1 Å². The lowest BCUT2D eigenvalue weighted by Gasteiger charge is -2.22. The van der Waals surface area contributed by atoms with Crippen LogP contribution in [0.15, 0.2) is 12.1 Å². The Hall–Kier alpha value is -1.41. The minimum absolute atomic E-state index is 0.254. The maximum Gasteiger partial charge on any atom is 0.341 e. The number of hydrogen-bond acceptors (Lipinski definition) is 5. The number of carbonyl (C=O) groups excluding carboxylic acids is 2. The molecule has 1 aliphatic heterocycles. The van der Waals surface area contributed by atoms with E-state index < -0.39 is 5.97 Å². The fourth-order valence-corrected chi connectivity index (χ4v) is 5.09. The van der Waals surface area contributed by atoms with E-state index in [1.807, 2.05) is 0 Å². The lowest BCUT2D eigenvalue weighted by molar-refractivity contribution is -0.913. The molecule has 0 spiro atoms. The summed E-state index contributed by atoms with van der Waals surface area (Å²) in [5, 5.41) is 3.43. The molecule has 0 aliphatic carbocycles. The monoisotopic (exact) mass is 385 g/mol. The van der Waals surface area contributed by atoms with Crippen LogP contribution < -0.4 is 10.2 Å². The maximum atomic E-state index is 12.4. The van der Waals surface area contributed by atoms with Crippen LogP contribution in [-0.2, 0) is 17.7 Å². The van der Waals surface area contributed by atoms with Gasteiger partial charge in [0, 0.05) is 6.42 Å². The van der Waals surface area contributed by atoms with Gasteiger partial charge in [0.15, 0.2) is 0 Å². The first-order chi connectivity index (χ1) is 11.5. The Morgan fingerprint density at radius 2 is 2.17 bits per heavy atom. The number of methoxy groups -OCH3 is 1. The summed E-state index contributed by atoms with van der Waals surface area (Å²) in [7, 11) is 1.36. The van der Waals surface area contributed by atoms with Crippen molar-refractivity contribution in [3.8, 4) is 0 Å². The largest absolute Gasteiger partial charge is 0.465 e. The van der Waals surface area contributed by atoms with E-state index in [4.69, 9.17) is 16.3 Å². The molecule has 1 amide bonds. The Morgan fingerprint density at radius 3 is 2.79 bits per heavy atom. The highest BCUT2D eigenvalue weighted by atomic mass is 35.5. The van der Waals surface area contributed by atoms with Crippen molar-refractivity contribution in [2.45, 2.75) is 19.9 Å². The Balaban J connectivity index is 1.93. The van der Waals surface area contributed by atoms with E-state index in [0.717, 1.165) is 36.5 Å². The average Bonchev–Trinajstić information content (AvgIpc) is 3.16. The third-order valence-electron chi connectivity index (χ3n) is 4.14. The fraction of sp³-hybridized carbons (Fsp3) is 0.375. The van der Waals surface area contributed by atoms with Crippen molar-refractivity contribution in [2.75, 3.05) is 25.5 Å². The van der Waals surface area contributed by atoms with Crippen LogP contribution in [0.2, 0.25) is 4.34 Å². The highest BCUT2D eigenvalue weighted by Crippen LogP contribution is 2.36. The van der Waals surface area contributed by atoms with Gasteiger partial charge in [-0.25, -0.2) is 4.79 Å². The van der Waals surface area contributed by atoms with Crippen molar-refractivity contribution < 1.29 is 19.2 Å². The van der Waals surface area contributed by atoms with Gasteiger partial charge in [0.05, 0.1) is 39.9 Å². The van der Waals surface area contributed by atoms with Gasteiger partial charge in [-0.2, -0.15) is 0 Å². The molecule has 0 saturated heterocycles. The highest BCUT2D eigenvalue weighted by Gasteiger charge is 2.30. The highest BCUT2D eigenvalue weighted by molar-refractivity contribution is 7.18. The number of quaternary nitrogens is 1. The van der Waals surface area contributed by atoms with Crippen molar-refractivity contribution >= 4 is 51.2 Å². The van der Waals surface area contributed by atoms with Gasteiger partial charge in [0.2, 0.25) is 0 Å². The van der Waals surface area contributed by atoms with Gasteiger partial charge in [-0.05, 0) is 24.6 Å². The lowest BCUT2D eigenvalue weighted by atomic mass is 10.0. The second-order valence-corrected chi connectivity index (χ2v) is 8.36. The zero-order valence-corrected chi connectivity index (χ0v) is 15.8. The van der Waals surface area contributed by atoms with Crippen LogP contribution in [0.5, 0.6) is 0 Å². The fourth-order valence-electron chi connectivity index (χ4n) is 2.85. The Kier molecular flexibility index (Phi) is 5.24. The molecule has 24 heavy (non-hydrogen) atoms. The van der Waals surface area contributed by atoms with Gasteiger partial charge >= 0.3 is 5.97 Å². The first-order valence-corrected chi connectivity index (χ1v) is 9.67. The van der Waals surface area contributed by atoms with E-state index in [0.29, 0.717) is 19.8 Å². The first kappa shape index (κ1) is 17.4. The number of nitrogens with one attached hydrogen (secondary N) is 2. The second kappa shape index (κ2) is 7.23. The van der Waals surface area contributed by atoms with Crippen LogP contribution in [-0.4, -0.2) is 32.1 Å². The minimum Gasteiger partial charge on any atom is -0.465 e. The molecular formula is C16H18ClN2O3S2+. The van der Waals surface area contributed by atoms with Gasteiger partial charge in [-0.15, -0.1) is 22.7 Å². The van der Waals surface area contributed by atoms with Crippen molar-refractivity contribution in [1.82, 2.24) is 0 Å². The minimum atomic E-state index is -0.396. The molecule has 0 saturated carbocycles. The summed E-state index contributed by atoms with van der Waals surface area (Å²) in [4.78, 5) is 27.8. The lowest BCUT2D eigenvalue weighted by Crippen LogP contribution is -3.11. The summed E-state index contributed by atoms with van der Waals surface area (Å²) in [5.74, 6) is -0.651. The smallest absolute Gasteiger partial charge is 0.341 e. The van der Waals surface area contributed by atoms with Gasteiger partial charge in [-0.3, -0.25) is 4.79 Å². The predicted molar refractivity (Wildman–Crippen MR) is 96.7 cm³/mol. The Labute approximate surface area is 153 Å². The Bertz CT molecular complexity index is 784. The first-order valence-electron chi connectivity index (χ1n) is 7.66. The predicted octanol–water partition coefficient (Wildman–Crippen LogP) is 2.46. The number of likely N-dealkylation sites (N-methyl/N-ethyl adjacent to an activating group) is 1. The summed E-state index contributed by atoms with van der Waals surface area (Å²) in [6, 6.07) is 3.36. The molecule has 128 valence electrons. The summed E-state index contributed by atoms with van der Waals surface area (Å²) in [6.07, 6.45) is 0.820. The van der Waals surface area contributed by atoms with Crippen molar-refractivity contribution in [3.05, 3.63) is 37.4 Å². The molecule has 0 fully saturated rings. The average molecular weight is 386 g/mol. The van der Waals surface area contributed by atoms with Crippen molar-refractivity contribution in [3.63, 3.8) is 0 Å². The molecule has 2 aromatic heterocycles. The normalized spacial score (nSPS) is 16.5. The van der Waals surface area contributed by atoms with E-state index >= 15 is 0 Å². The molecule has 1 atom stereocenters. The number of anilines is 1. The molecule has 0 bridgehead atoms. The van der Waals surface area contributed by atoms with Crippen LogP contribution in [0.3, 0.4) is 0 Å². The number of amides is 1. The van der Waals surface area contributed by atoms with E-state index in [9.17, 15) is 9.59 Å². The summed E-state index contributed by atoms with van der Waals surface area (Å²) < 4.78 is 5.49. The van der Waals surface area contributed by atoms with Crippen molar-refractivity contribution in [1.29, 1.82) is 0 Å². The third kappa shape index (κ3) is 3.35. The van der Waals surface area contributed by atoms with Crippen LogP contribution >= 0.6 is 34.3 Å². The molecule has 3 rings (SSSR count). The van der Waals surface area contributed by atoms with E-state index in [1.165, 1.54) is 34.7 Å². The molecule has 5 nitrogen and oxygen atoms in total. The number of ether oxygens (including phenoxy) is 1. The zero-order valence-electron chi connectivity index (χ0n) is 13.4. The van der Waals surface area contributed by atoms with E-state index in [-0.39, 0.29) is 5.91 Å². The topological polar surface area (TPSA) is 59.8 Å². The maximum absolute atomic E-state index is 12.4. The molecule has 8 heteroatoms. The molecule has 3 heterocycles. The molecular weight excluding hydrogens is 368 g/mol. The third-order valence-corrected chi connectivity index (χ3v) is 6.52. The van der Waals surface area contributed by atoms with Crippen molar-refractivity contribution in [2.24, 2.45) is 0 Å². The zero-order chi connectivity index (χ0) is 17.3. The van der Waals surface area contributed by atoms with Gasteiger partial charge < -0.3 is 15.0 Å². The summed E-state index contributed by atoms with van der Waals surface area (Å²) >= 11 is 8.57. The number of rotatable bonds is 4. The quantitative estimate of drug-likeness (QED) is 0.795. The molecule has 2 aromatic rings. The molecule has 2 N–H and O–H groups in total. The van der Waals surface area contributed by atoms with Crippen LogP contribution in [0, 0.1) is 0 Å². The molecule has 1 unspecified atom stereocenters. The van der Waals surface area contributed by atoms with Crippen LogP contribution in [0.25, 0.3) is 0 Å². The number of carbonyl (C=O) groups is 2. The number of esters is 1. The number of hydrogen-bond donors (Lipinski definition) is 2. The van der Waals surface area contributed by atoms with Gasteiger partial charge in [0.1, 0.15) is 11.5 Å². The molecule has 0 aromatic carbocycles. The second-order valence-electron chi connectivity index (χ2n) is 5.54. The summed E-state index contributed by atoms with van der Waals surface area (Å²) in [6.45, 7) is 5.05. The van der Waals surface area contributed by atoms with Gasteiger partial charge in [-0.1, -0.05) is 11.6 Å². The molecule has 0 radical (unpaired) electrons. The molecule has 1 aliphatic rings. The Morgan fingerprint density at radius 1 is 1.38 bits per heavy atom. The summed E-state index contributed by atoms with van der Waals surface area (Å²) in [5.41, 5.74) is 1.52. The SMILES string of the molecule is CC[NH+]1CCc2c(sc(NC(=O)c3ccc(Cl)s3)c2C(=O)OC)C1. The van der Waals surface area contributed by atoms with Crippen LogP contribution in [0.4, 0.5) is 5.00 Å².